The van der Waals surface area contributed by atoms with Gasteiger partial charge in [-0.05, 0) is 39.2 Å². The average molecular weight is 228 g/mol. The molecule has 1 aromatic rings. The first-order chi connectivity index (χ1) is 6.99. The van der Waals surface area contributed by atoms with Crippen LogP contribution in [0.5, 0.6) is 0 Å². The van der Waals surface area contributed by atoms with Crippen molar-refractivity contribution in [3.05, 3.63) is 23.2 Å². The van der Waals surface area contributed by atoms with Crippen LogP contribution in [-0.4, -0.2) is 31.6 Å². The van der Waals surface area contributed by atoms with Gasteiger partial charge in [0.1, 0.15) is 0 Å². The van der Waals surface area contributed by atoms with Crippen molar-refractivity contribution in [2.45, 2.75) is 13.0 Å². The summed E-state index contributed by atoms with van der Waals surface area (Å²) in [6, 6.07) is 5.85. The summed E-state index contributed by atoms with van der Waals surface area (Å²) in [5.74, 6) is 0. The minimum absolute atomic E-state index is 0.348. The van der Waals surface area contributed by atoms with Crippen molar-refractivity contribution in [2.75, 3.05) is 31.7 Å². The van der Waals surface area contributed by atoms with Gasteiger partial charge in [0.15, 0.2) is 0 Å². The summed E-state index contributed by atoms with van der Waals surface area (Å²) in [7, 11) is 4.09. The maximum Gasteiger partial charge on any atom is 0.0658 e. The van der Waals surface area contributed by atoms with E-state index >= 15 is 0 Å². The maximum atomic E-state index is 6.05. The number of likely N-dealkylation sites (N-methyl/N-ethyl adjacent to an activating group) is 1. The highest BCUT2D eigenvalue weighted by Crippen LogP contribution is 2.24. The number of nitrogens with one attached hydrogen (secondary N) is 1. The van der Waals surface area contributed by atoms with Gasteiger partial charge in [-0.1, -0.05) is 11.6 Å². The Morgan fingerprint density at radius 2 is 2.13 bits per heavy atom. The zero-order valence-electron chi connectivity index (χ0n) is 9.42. The minimum atomic E-state index is 0.348. The number of hydrogen-bond donors (Lipinski definition) is 2. The van der Waals surface area contributed by atoms with E-state index in [1.54, 1.807) is 6.07 Å². The summed E-state index contributed by atoms with van der Waals surface area (Å²) >= 11 is 6.05. The van der Waals surface area contributed by atoms with Crippen molar-refractivity contribution in [2.24, 2.45) is 0 Å². The van der Waals surface area contributed by atoms with Crippen LogP contribution in [0, 0.1) is 0 Å². The molecule has 1 aromatic carbocycles. The highest BCUT2D eigenvalue weighted by Gasteiger charge is 2.06. The molecule has 84 valence electrons. The van der Waals surface area contributed by atoms with Crippen LogP contribution in [0.4, 0.5) is 11.4 Å². The molecule has 0 amide bonds. The normalized spacial score (nSPS) is 12.9. The third-order valence-electron chi connectivity index (χ3n) is 2.03. The van der Waals surface area contributed by atoms with Crippen LogP contribution >= 0.6 is 11.6 Å². The van der Waals surface area contributed by atoms with E-state index in [1.807, 2.05) is 26.2 Å². The fourth-order valence-electron chi connectivity index (χ4n) is 1.51. The molecule has 1 rings (SSSR count). The molecular formula is C11H18ClN3. The van der Waals surface area contributed by atoms with Crippen molar-refractivity contribution in [1.82, 2.24) is 4.90 Å². The second-order valence-corrected chi connectivity index (χ2v) is 4.45. The number of nitrogens with two attached hydrogens (primary N) is 1. The first-order valence-electron chi connectivity index (χ1n) is 4.95. The van der Waals surface area contributed by atoms with Gasteiger partial charge in [0, 0.05) is 18.3 Å². The summed E-state index contributed by atoms with van der Waals surface area (Å²) in [6.07, 6.45) is 0. The van der Waals surface area contributed by atoms with Crippen molar-refractivity contribution in [3.8, 4) is 0 Å². The van der Waals surface area contributed by atoms with E-state index in [0.717, 1.165) is 12.2 Å². The van der Waals surface area contributed by atoms with E-state index in [4.69, 9.17) is 17.3 Å². The van der Waals surface area contributed by atoms with Crippen LogP contribution < -0.4 is 11.1 Å². The topological polar surface area (TPSA) is 41.3 Å². The Kier molecular flexibility index (Phi) is 4.24. The van der Waals surface area contributed by atoms with Crippen LogP contribution in [0.3, 0.4) is 0 Å². The molecule has 0 saturated heterocycles. The van der Waals surface area contributed by atoms with Crippen molar-refractivity contribution in [3.63, 3.8) is 0 Å². The summed E-state index contributed by atoms with van der Waals surface area (Å²) in [5.41, 5.74) is 7.24. The van der Waals surface area contributed by atoms with Crippen LogP contribution in [0.1, 0.15) is 6.92 Å². The summed E-state index contributed by atoms with van der Waals surface area (Å²) in [5, 5.41) is 4.01. The highest BCUT2D eigenvalue weighted by molar-refractivity contribution is 6.33. The predicted octanol–water partition coefficient (Wildman–Crippen LogP) is 2.28. The molecule has 0 radical (unpaired) electrons. The molecule has 0 aliphatic heterocycles. The van der Waals surface area contributed by atoms with Crippen LogP contribution in [0.2, 0.25) is 5.02 Å². The van der Waals surface area contributed by atoms with E-state index in [-0.39, 0.29) is 0 Å². The van der Waals surface area contributed by atoms with Crippen LogP contribution in [-0.2, 0) is 0 Å². The summed E-state index contributed by atoms with van der Waals surface area (Å²) < 4.78 is 0. The Bertz CT molecular complexity index is 326. The van der Waals surface area contributed by atoms with E-state index < -0.39 is 0 Å². The Morgan fingerprint density at radius 3 is 2.67 bits per heavy atom. The van der Waals surface area contributed by atoms with Crippen LogP contribution in [0.25, 0.3) is 0 Å². The lowest BCUT2D eigenvalue weighted by Gasteiger charge is -2.20. The summed E-state index contributed by atoms with van der Waals surface area (Å²) in [6.45, 7) is 3.08. The molecule has 0 aliphatic rings. The zero-order chi connectivity index (χ0) is 11.4. The molecule has 0 spiro atoms. The lowest BCUT2D eigenvalue weighted by molar-refractivity contribution is 0.392. The van der Waals surface area contributed by atoms with E-state index in [2.05, 4.69) is 17.1 Å². The van der Waals surface area contributed by atoms with Gasteiger partial charge >= 0.3 is 0 Å². The van der Waals surface area contributed by atoms with Gasteiger partial charge < -0.3 is 16.0 Å². The number of nitrogen functional groups attached to an aromatic ring is 1. The van der Waals surface area contributed by atoms with Crippen molar-refractivity contribution < 1.29 is 0 Å². The number of hydrogen-bond acceptors (Lipinski definition) is 3. The molecule has 0 fully saturated rings. The van der Waals surface area contributed by atoms with E-state index in [9.17, 15) is 0 Å². The highest BCUT2D eigenvalue weighted by atomic mass is 35.5. The fraction of sp³-hybridized carbons (Fsp3) is 0.455. The number of rotatable bonds is 4. The second kappa shape index (κ2) is 5.24. The number of halogens is 1. The average Bonchev–Trinajstić information content (AvgIpc) is 2.08. The number of anilines is 2. The molecular weight excluding hydrogens is 210 g/mol. The summed E-state index contributed by atoms with van der Waals surface area (Å²) in [4.78, 5) is 2.13. The Labute approximate surface area is 96.2 Å². The van der Waals surface area contributed by atoms with E-state index in [0.29, 0.717) is 16.8 Å². The first-order valence-corrected chi connectivity index (χ1v) is 5.33. The smallest absolute Gasteiger partial charge is 0.0658 e. The molecule has 0 aliphatic carbocycles. The predicted molar refractivity (Wildman–Crippen MR) is 67.5 cm³/mol. The Balaban J connectivity index is 2.64. The van der Waals surface area contributed by atoms with Crippen LogP contribution in [0.15, 0.2) is 18.2 Å². The lowest BCUT2D eigenvalue weighted by atomic mass is 10.2. The molecule has 3 nitrogen and oxygen atoms in total. The maximum absolute atomic E-state index is 6.05. The SMILES string of the molecule is CC(CN(C)C)Nc1ccc(N)cc1Cl. The van der Waals surface area contributed by atoms with Crippen molar-refractivity contribution in [1.29, 1.82) is 0 Å². The molecule has 0 saturated carbocycles. The number of benzene rings is 1. The monoisotopic (exact) mass is 227 g/mol. The van der Waals surface area contributed by atoms with E-state index in [1.165, 1.54) is 0 Å². The van der Waals surface area contributed by atoms with Gasteiger partial charge in [-0.15, -0.1) is 0 Å². The Morgan fingerprint density at radius 1 is 1.47 bits per heavy atom. The Hall–Kier alpha value is -0.930. The molecule has 0 bridgehead atoms. The second-order valence-electron chi connectivity index (χ2n) is 4.05. The van der Waals surface area contributed by atoms with Gasteiger partial charge in [0.05, 0.1) is 10.7 Å². The molecule has 3 N–H and O–H groups in total. The zero-order valence-corrected chi connectivity index (χ0v) is 10.2. The molecule has 1 atom stereocenters. The third kappa shape index (κ3) is 3.98. The molecule has 0 heterocycles. The van der Waals surface area contributed by atoms with Gasteiger partial charge in [-0.2, -0.15) is 0 Å². The standard InChI is InChI=1S/C11H18ClN3/c1-8(7-15(2)3)14-11-5-4-9(13)6-10(11)12/h4-6,8,14H,7,13H2,1-3H3. The minimum Gasteiger partial charge on any atom is -0.399 e. The van der Waals surface area contributed by atoms with Gasteiger partial charge in [0.25, 0.3) is 0 Å². The first kappa shape index (κ1) is 12.1. The fourth-order valence-corrected chi connectivity index (χ4v) is 1.75. The molecule has 1 unspecified atom stereocenters. The largest absolute Gasteiger partial charge is 0.399 e. The van der Waals surface area contributed by atoms with Gasteiger partial charge in [-0.25, -0.2) is 0 Å². The quantitative estimate of drug-likeness (QED) is 0.776. The molecule has 15 heavy (non-hydrogen) atoms. The third-order valence-corrected chi connectivity index (χ3v) is 2.35. The van der Waals surface area contributed by atoms with Gasteiger partial charge in [-0.3, -0.25) is 0 Å². The van der Waals surface area contributed by atoms with Gasteiger partial charge in [0.2, 0.25) is 0 Å². The lowest BCUT2D eigenvalue weighted by Crippen LogP contribution is -2.29. The molecule has 4 heteroatoms. The number of nitrogens with zero attached hydrogens (tertiary/aromatic N) is 1. The molecule has 0 aromatic heterocycles. The van der Waals surface area contributed by atoms with Crippen molar-refractivity contribution >= 4 is 23.0 Å².